The van der Waals surface area contributed by atoms with Gasteiger partial charge in [-0.2, -0.15) is 0 Å². The van der Waals surface area contributed by atoms with E-state index in [4.69, 9.17) is 5.11 Å². The van der Waals surface area contributed by atoms with Crippen LogP contribution in [-0.2, 0) is 18.9 Å². The lowest BCUT2D eigenvalue weighted by Crippen LogP contribution is -2.36. The Balaban J connectivity index is 2.45. The van der Waals surface area contributed by atoms with Crippen LogP contribution in [0.5, 0.6) is 0 Å². The first-order chi connectivity index (χ1) is 9.32. The highest BCUT2D eigenvalue weighted by Gasteiger charge is 2.14. The van der Waals surface area contributed by atoms with E-state index in [9.17, 15) is 14.4 Å². The molecule has 0 atom stereocenters. The van der Waals surface area contributed by atoms with E-state index in [2.05, 4.69) is 16.5 Å². The van der Waals surface area contributed by atoms with Crippen LogP contribution < -0.4 is 11.2 Å². The van der Waals surface area contributed by atoms with Crippen molar-refractivity contribution in [2.45, 2.75) is 5.16 Å². The van der Waals surface area contributed by atoms with Crippen LogP contribution in [0.3, 0.4) is 0 Å². The minimum Gasteiger partial charge on any atom is -0.478 e. The van der Waals surface area contributed by atoms with Crippen molar-refractivity contribution in [3.05, 3.63) is 33.0 Å². The van der Waals surface area contributed by atoms with E-state index < -0.39 is 17.2 Å². The summed E-state index contributed by atoms with van der Waals surface area (Å²) < 4.78 is 2.23. The summed E-state index contributed by atoms with van der Waals surface area (Å²) in [6.45, 7) is 3.40. The Morgan fingerprint density at radius 1 is 1.40 bits per heavy atom. The van der Waals surface area contributed by atoms with Gasteiger partial charge in [-0.05, 0) is 0 Å². The fourth-order valence-corrected chi connectivity index (χ4v) is 2.35. The Morgan fingerprint density at radius 3 is 2.65 bits per heavy atom. The summed E-state index contributed by atoms with van der Waals surface area (Å²) in [4.78, 5) is 41.2. The molecule has 2 aromatic heterocycles. The number of rotatable bonds is 4. The molecule has 0 unspecified atom stereocenters. The van der Waals surface area contributed by atoms with E-state index >= 15 is 0 Å². The van der Waals surface area contributed by atoms with Gasteiger partial charge in [0.1, 0.15) is 0 Å². The molecule has 0 aliphatic rings. The standard InChI is InChI=1S/C11H12N4O4S/c1-5(9(17)18)4-20-10-12-6-7(13-10)14(2)11(19)15(3)8(6)16/h1,4H2,2-3H3,(H,12,13)(H,17,18). The number of aryl methyl sites for hydroxylation is 1. The Bertz CT molecular complexity index is 829. The van der Waals surface area contributed by atoms with Crippen LogP contribution in [0.1, 0.15) is 0 Å². The Kier molecular flexibility index (Phi) is 3.53. The summed E-state index contributed by atoms with van der Waals surface area (Å²) in [7, 11) is 2.89. The van der Waals surface area contributed by atoms with Crippen molar-refractivity contribution in [3.63, 3.8) is 0 Å². The Morgan fingerprint density at radius 2 is 2.05 bits per heavy atom. The number of nitrogens with zero attached hydrogens (tertiary/aromatic N) is 3. The highest BCUT2D eigenvalue weighted by molar-refractivity contribution is 7.99. The second-order valence-corrected chi connectivity index (χ2v) is 5.11. The van der Waals surface area contributed by atoms with E-state index in [1.54, 1.807) is 0 Å². The number of imidazole rings is 1. The van der Waals surface area contributed by atoms with Crippen LogP contribution in [0.4, 0.5) is 0 Å². The number of carboxylic acid groups (broad SMARTS) is 1. The molecule has 0 radical (unpaired) electrons. The zero-order valence-corrected chi connectivity index (χ0v) is 11.7. The number of hydrogen-bond donors (Lipinski definition) is 2. The molecule has 2 aromatic rings. The van der Waals surface area contributed by atoms with Crippen LogP contribution in [0.15, 0.2) is 26.9 Å². The first-order valence-electron chi connectivity index (χ1n) is 5.52. The van der Waals surface area contributed by atoms with Gasteiger partial charge in [-0.15, -0.1) is 0 Å². The monoisotopic (exact) mass is 296 g/mol. The first-order valence-corrected chi connectivity index (χ1v) is 6.51. The van der Waals surface area contributed by atoms with Crippen molar-refractivity contribution < 1.29 is 9.90 Å². The topological polar surface area (TPSA) is 110 Å². The molecule has 2 N–H and O–H groups in total. The average Bonchev–Trinajstić information content (AvgIpc) is 2.84. The number of carbonyl (C=O) groups is 1. The van der Waals surface area contributed by atoms with Gasteiger partial charge >= 0.3 is 11.7 Å². The molecule has 2 heterocycles. The zero-order valence-electron chi connectivity index (χ0n) is 10.8. The van der Waals surface area contributed by atoms with Gasteiger partial charge in [-0.1, -0.05) is 18.3 Å². The summed E-state index contributed by atoms with van der Waals surface area (Å²) in [5.41, 5.74) is -0.475. The van der Waals surface area contributed by atoms with Crippen LogP contribution in [0, 0.1) is 0 Å². The minimum absolute atomic E-state index is 0.0252. The van der Waals surface area contributed by atoms with E-state index in [0.717, 1.165) is 16.3 Å². The van der Waals surface area contributed by atoms with E-state index in [0.29, 0.717) is 5.16 Å². The molecular formula is C11H12N4O4S. The quantitative estimate of drug-likeness (QED) is 0.592. The van der Waals surface area contributed by atoms with Gasteiger partial charge in [0, 0.05) is 25.4 Å². The number of aromatic amines is 1. The molecule has 0 aliphatic heterocycles. The Hall–Kier alpha value is -2.29. The molecule has 0 aliphatic carbocycles. The van der Waals surface area contributed by atoms with E-state index in [1.165, 1.54) is 18.7 Å². The molecule has 2 rings (SSSR count). The van der Waals surface area contributed by atoms with Crippen molar-refractivity contribution in [1.82, 2.24) is 19.1 Å². The number of H-pyrrole nitrogens is 1. The van der Waals surface area contributed by atoms with Crippen molar-refractivity contribution in [2.75, 3.05) is 5.75 Å². The lowest BCUT2D eigenvalue weighted by atomic mass is 10.4. The summed E-state index contributed by atoms with van der Waals surface area (Å²) in [5, 5.41) is 9.08. The van der Waals surface area contributed by atoms with Crippen molar-refractivity contribution >= 4 is 28.9 Å². The lowest BCUT2D eigenvalue weighted by molar-refractivity contribution is -0.132. The van der Waals surface area contributed by atoms with Crippen molar-refractivity contribution in [1.29, 1.82) is 0 Å². The summed E-state index contributed by atoms with van der Waals surface area (Å²) in [6, 6.07) is 0. The number of nitrogens with one attached hydrogen (secondary N) is 1. The maximum Gasteiger partial charge on any atom is 0.332 e. The molecule has 20 heavy (non-hydrogen) atoms. The number of aliphatic carboxylic acids is 1. The smallest absolute Gasteiger partial charge is 0.332 e. The summed E-state index contributed by atoms with van der Waals surface area (Å²) in [5.74, 6) is -0.958. The third kappa shape index (κ3) is 2.27. The molecule has 0 bridgehead atoms. The molecule has 9 heteroatoms. The fraction of sp³-hybridized carbons (Fsp3) is 0.273. The number of hydrogen-bond acceptors (Lipinski definition) is 5. The van der Waals surface area contributed by atoms with Gasteiger partial charge in [-0.3, -0.25) is 13.9 Å². The van der Waals surface area contributed by atoms with Gasteiger partial charge in [0.05, 0.1) is 0 Å². The van der Waals surface area contributed by atoms with Crippen LogP contribution in [0.25, 0.3) is 11.2 Å². The fourth-order valence-electron chi connectivity index (χ4n) is 1.59. The zero-order chi connectivity index (χ0) is 15.0. The number of carboxylic acids is 1. The number of aromatic nitrogens is 4. The normalized spacial score (nSPS) is 10.9. The Labute approximate surface area is 116 Å². The average molecular weight is 296 g/mol. The third-order valence-electron chi connectivity index (χ3n) is 2.76. The molecule has 0 saturated heterocycles. The van der Waals surface area contributed by atoms with Crippen molar-refractivity contribution in [2.24, 2.45) is 14.1 Å². The van der Waals surface area contributed by atoms with Gasteiger partial charge in [0.2, 0.25) is 0 Å². The first kappa shape index (κ1) is 14.1. The maximum atomic E-state index is 11.9. The molecule has 0 aromatic carbocycles. The van der Waals surface area contributed by atoms with Crippen LogP contribution in [-0.4, -0.2) is 35.9 Å². The lowest BCUT2D eigenvalue weighted by Gasteiger charge is -2.00. The minimum atomic E-state index is -1.09. The molecule has 106 valence electrons. The second-order valence-electron chi connectivity index (χ2n) is 4.14. The maximum absolute atomic E-state index is 11.9. The summed E-state index contributed by atoms with van der Waals surface area (Å²) >= 11 is 1.10. The predicted octanol–water partition coefficient (Wildman–Crippen LogP) is -0.307. The molecule has 0 spiro atoms. The summed E-state index contributed by atoms with van der Waals surface area (Å²) in [6.07, 6.45) is 0. The molecule has 0 fully saturated rings. The number of thioether (sulfide) groups is 1. The van der Waals surface area contributed by atoms with E-state index in [-0.39, 0.29) is 22.5 Å². The van der Waals surface area contributed by atoms with Gasteiger partial charge < -0.3 is 10.1 Å². The van der Waals surface area contributed by atoms with Gasteiger partial charge in [0.15, 0.2) is 16.3 Å². The highest BCUT2D eigenvalue weighted by Crippen LogP contribution is 2.18. The van der Waals surface area contributed by atoms with Crippen molar-refractivity contribution in [3.8, 4) is 0 Å². The van der Waals surface area contributed by atoms with Gasteiger partial charge in [-0.25, -0.2) is 14.6 Å². The van der Waals surface area contributed by atoms with E-state index in [1.807, 2.05) is 0 Å². The highest BCUT2D eigenvalue weighted by atomic mass is 32.2. The van der Waals surface area contributed by atoms with Gasteiger partial charge in [0.25, 0.3) is 5.56 Å². The predicted molar refractivity (Wildman–Crippen MR) is 74.1 cm³/mol. The molecular weight excluding hydrogens is 284 g/mol. The molecule has 8 nitrogen and oxygen atoms in total. The SMILES string of the molecule is C=C(CSc1nc2c([nH]1)c(=O)n(C)c(=O)n2C)C(=O)O. The third-order valence-corrected chi connectivity index (χ3v) is 3.72. The molecule has 0 amide bonds. The van der Waals surface area contributed by atoms with Crippen LogP contribution >= 0.6 is 11.8 Å². The number of fused-ring (bicyclic) bond motifs is 1. The second kappa shape index (κ2) is 5.00. The largest absolute Gasteiger partial charge is 0.478 e. The molecule has 0 saturated carbocycles. The van der Waals surface area contributed by atoms with Crippen LogP contribution in [0.2, 0.25) is 0 Å².